The van der Waals surface area contributed by atoms with Crippen LogP contribution in [0.15, 0.2) is 53.0 Å². The van der Waals surface area contributed by atoms with Crippen LogP contribution in [0.4, 0.5) is 4.79 Å². The topological polar surface area (TPSA) is 50.4 Å². The Hall–Kier alpha value is -2.01. The summed E-state index contributed by atoms with van der Waals surface area (Å²) in [5, 5.41) is 5.64. The highest BCUT2D eigenvalue weighted by molar-refractivity contribution is 9.10. The largest absolute Gasteiger partial charge is 0.497 e. The van der Waals surface area contributed by atoms with E-state index in [0.29, 0.717) is 13.1 Å². The molecule has 110 valence electrons. The van der Waals surface area contributed by atoms with E-state index in [0.717, 1.165) is 21.3 Å². The Bertz CT molecular complexity index is 599. The molecule has 0 saturated carbocycles. The Labute approximate surface area is 132 Å². The molecule has 0 saturated heterocycles. The van der Waals surface area contributed by atoms with Gasteiger partial charge in [0.1, 0.15) is 5.75 Å². The number of hydrogen-bond donors (Lipinski definition) is 2. The Morgan fingerprint density at radius 2 is 1.71 bits per heavy atom. The van der Waals surface area contributed by atoms with Crippen molar-refractivity contribution in [2.45, 2.75) is 13.1 Å². The molecule has 0 fully saturated rings. The van der Waals surface area contributed by atoms with E-state index in [1.165, 1.54) is 0 Å². The van der Waals surface area contributed by atoms with Gasteiger partial charge in [0.2, 0.25) is 0 Å². The predicted molar refractivity (Wildman–Crippen MR) is 86.2 cm³/mol. The molecule has 2 rings (SSSR count). The molecule has 0 unspecified atom stereocenters. The average molecular weight is 349 g/mol. The second-order valence-electron chi connectivity index (χ2n) is 4.51. The second kappa shape index (κ2) is 7.69. The fourth-order valence-electron chi connectivity index (χ4n) is 1.81. The maximum atomic E-state index is 11.7. The van der Waals surface area contributed by atoms with E-state index >= 15 is 0 Å². The highest BCUT2D eigenvalue weighted by Gasteiger charge is 2.01. The van der Waals surface area contributed by atoms with Crippen molar-refractivity contribution >= 4 is 22.0 Å². The summed E-state index contributed by atoms with van der Waals surface area (Å²) in [4.78, 5) is 11.7. The van der Waals surface area contributed by atoms with Crippen molar-refractivity contribution < 1.29 is 9.53 Å². The number of carbonyl (C=O) groups excluding carboxylic acids is 1. The van der Waals surface area contributed by atoms with Gasteiger partial charge >= 0.3 is 6.03 Å². The van der Waals surface area contributed by atoms with Gasteiger partial charge in [0.25, 0.3) is 0 Å². The van der Waals surface area contributed by atoms with Gasteiger partial charge in [-0.05, 0) is 35.4 Å². The molecule has 0 bridgehead atoms. The van der Waals surface area contributed by atoms with Crippen LogP contribution in [0.2, 0.25) is 0 Å². The van der Waals surface area contributed by atoms with Crippen LogP contribution < -0.4 is 15.4 Å². The smallest absolute Gasteiger partial charge is 0.315 e. The monoisotopic (exact) mass is 348 g/mol. The first-order chi connectivity index (χ1) is 10.2. The van der Waals surface area contributed by atoms with E-state index in [1.807, 2.05) is 48.5 Å². The van der Waals surface area contributed by atoms with Crippen molar-refractivity contribution in [3.8, 4) is 5.75 Å². The van der Waals surface area contributed by atoms with Crippen molar-refractivity contribution in [1.29, 1.82) is 0 Å². The lowest BCUT2D eigenvalue weighted by atomic mass is 10.2. The maximum Gasteiger partial charge on any atom is 0.315 e. The van der Waals surface area contributed by atoms with Crippen LogP contribution in [0.1, 0.15) is 11.1 Å². The molecule has 5 heteroatoms. The lowest BCUT2D eigenvalue weighted by molar-refractivity contribution is 0.240. The summed E-state index contributed by atoms with van der Waals surface area (Å²) in [7, 11) is 1.62. The van der Waals surface area contributed by atoms with Crippen LogP contribution in [-0.4, -0.2) is 13.1 Å². The van der Waals surface area contributed by atoms with Gasteiger partial charge in [-0.2, -0.15) is 0 Å². The molecule has 0 aliphatic heterocycles. The van der Waals surface area contributed by atoms with Gasteiger partial charge in [0.05, 0.1) is 7.11 Å². The predicted octanol–water partition coefficient (Wildman–Crippen LogP) is 3.46. The Balaban J connectivity index is 1.78. The lowest BCUT2D eigenvalue weighted by Crippen LogP contribution is -2.34. The van der Waals surface area contributed by atoms with Gasteiger partial charge in [-0.15, -0.1) is 0 Å². The van der Waals surface area contributed by atoms with Crippen LogP contribution in [0.5, 0.6) is 5.75 Å². The number of ether oxygens (including phenoxy) is 1. The molecular weight excluding hydrogens is 332 g/mol. The normalized spacial score (nSPS) is 10.0. The zero-order valence-electron chi connectivity index (χ0n) is 11.7. The maximum absolute atomic E-state index is 11.7. The molecule has 0 heterocycles. The number of halogens is 1. The fraction of sp³-hybridized carbons (Fsp3) is 0.188. The third-order valence-corrected chi connectivity index (χ3v) is 3.48. The standard InChI is InChI=1S/C16H17BrN2O2/c1-21-15-4-2-3-13(9-15)11-19-16(20)18-10-12-5-7-14(17)8-6-12/h2-9H,10-11H2,1H3,(H2,18,19,20). The third-order valence-electron chi connectivity index (χ3n) is 2.95. The zero-order chi connectivity index (χ0) is 15.1. The average Bonchev–Trinajstić information content (AvgIpc) is 2.52. The minimum atomic E-state index is -0.194. The molecule has 4 nitrogen and oxygen atoms in total. The highest BCUT2D eigenvalue weighted by Crippen LogP contribution is 2.12. The van der Waals surface area contributed by atoms with Crippen LogP contribution in [-0.2, 0) is 13.1 Å². The van der Waals surface area contributed by atoms with E-state index in [-0.39, 0.29) is 6.03 Å². The first kappa shape index (κ1) is 15.4. The molecule has 2 N–H and O–H groups in total. The van der Waals surface area contributed by atoms with Crippen LogP contribution in [0, 0.1) is 0 Å². The van der Waals surface area contributed by atoms with E-state index in [4.69, 9.17) is 4.74 Å². The number of hydrogen-bond acceptors (Lipinski definition) is 2. The second-order valence-corrected chi connectivity index (χ2v) is 5.43. The van der Waals surface area contributed by atoms with Gasteiger partial charge in [0.15, 0.2) is 0 Å². The van der Waals surface area contributed by atoms with Crippen LogP contribution in [0.25, 0.3) is 0 Å². The molecule has 0 aliphatic carbocycles. The minimum Gasteiger partial charge on any atom is -0.497 e. The SMILES string of the molecule is COc1cccc(CNC(=O)NCc2ccc(Br)cc2)c1. The first-order valence-corrected chi connectivity index (χ1v) is 7.36. The Kier molecular flexibility index (Phi) is 5.63. The molecule has 21 heavy (non-hydrogen) atoms. The van der Waals surface area contributed by atoms with Crippen molar-refractivity contribution in [3.05, 3.63) is 64.1 Å². The molecular formula is C16H17BrN2O2. The highest BCUT2D eigenvalue weighted by atomic mass is 79.9. The van der Waals surface area contributed by atoms with Crippen molar-refractivity contribution in [3.63, 3.8) is 0 Å². The molecule has 0 radical (unpaired) electrons. The molecule has 0 spiro atoms. The van der Waals surface area contributed by atoms with Crippen molar-refractivity contribution in [2.24, 2.45) is 0 Å². The summed E-state index contributed by atoms with van der Waals surface area (Å²) in [6.45, 7) is 0.959. The molecule has 0 atom stereocenters. The quantitative estimate of drug-likeness (QED) is 0.869. The number of amides is 2. The number of methoxy groups -OCH3 is 1. The van der Waals surface area contributed by atoms with E-state index < -0.39 is 0 Å². The Morgan fingerprint density at radius 1 is 1.05 bits per heavy atom. The van der Waals surface area contributed by atoms with E-state index in [1.54, 1.807) is 7.11 Å². The molecule has 2 amide bonds. The van der Waals surface area contributed by atoms with E-state index in [2.05, 4.69) is 26.6 Å². The van der Waals surface area contributed by atoms with Gasteiger partial charge in [-0.1, -0.05) is 40.2 Å². The van der Waals surface area contributed by atoms with Gasteiger partial charge in [0, 0.05) is 17.6 Å². The first-order valence-electron chi connectivity index (χ1n) is 6.56. The molecule has 0 aliphatic rings. The van der Waals surface area contributed by atoms with Crippen LogP contribution in [0.3, 0.4) is 0 Å². The van der Waals surface area contributed by atoms with Crippen molar-refractivity contribution in [1.82, 2.24) is 10.6 Å². The van der Waals surface area contributed by atoms with Gasteiger partial charge in [-0.25, -0.2) is 4.79 Å². The third kappa shape index (κ3) is 5.11. The number of benzene rings is 2. The number of carbonyl (C=O) groups is 1. The zero-order valence-corrected chi connectivity index (χ0v) is 13.3. The summed E-state index contributed by atoms with van der Waals surface area (Å²) in [5.41, 5.74) is 2.04. The minimum absolute atomic E-state index is 0.194. The van der Waals surface area contributed by atoms with Crippen LogP contribution >= 0.6 is 15.9 Å². The summed E-state index contributed by atoms with van der Waals surface area (Å²) < 4.78 is 6.17. The summed E-state index contributed by atoms with van der Waals surface area (Å²) in [5.74, 6) is 0.782. The van der Waals surface area contributed by atoms with E-state index in [9.17, 15) is 4.79 Å². The summed E-state index contributed by atoms with van der Waals surface area (Å²) in [6.07, 6.45) is 0. The number of nitrogens with one attached hydrogen (secondary N) is 2. The van der Waals surface area contributed by atoms with Gasteiger partial charge in [-0.3, -0.25) is 0 Å². The summed E-state index contributed by atoms with van der Waals surface area (Å²) >= 11 is 3.38. The number of rotatable bonds is 5. The molecule has 2 aromatic rings. The lowest BCUT2D eigenvalue weighted by Gasteiger charge is -2.09. The van der Waals surface area contributed by atoms with Gasteiger partial charge < -0.3 is 15.4 Å². The van der Waals surface area contributed by atoms with Crippen molar-refractivity contribution in [2.75, 3.05) is 7.11 Å². The molecule has 0 aromatic heterocycles. The number of urea groups is 1. The fourth-order valence-corrected chi connectivity index (χ4v) is 2.08. The summed E-state index contributed by atoms with van der Waals surface area (Å²) in [6, 6.07) is 15.2. The molecule has 2 aromatic carbocycles. The Morgan fingerprint density at radius 3 is 2.38 bits per heavy atom.